The van der Waals surface area contributed by atoms with Gasteiger partial charge in [0.05, 0.1) is 18.4 Å². The zero-order valence-electron chi connectivity index (χ0n) is 15.7. The van der Waals surface area contributed by atoms with Gasteiger partial charge in [0, 0.05) is 16.8 Å². The Balaban J connectivity index is 1.89. The van der Waals surface area contributed by atoms with E-state index >= 15 is 0 Å². The van der Waals surface area contributed by atoms with Crippen LogP contribution in [0.5, 0.6) is 5.88 Å². The molecule has 0 aliphatic carbocycles. The number of pyridine rings is 1. The first-order valence-electron chi connectivity index (χ1n) is 8.78. The summed E-state index contributed by atoms with van der Waals surface area (Å²) < 4.78 is 43.8. The van der Waals surface area contributed by atoms with Crippen LogP contribution in [-0.4, -0.2) is 33.1 Å². The third-order valence-electron chi connectivity index (χ3n) is 3.99. The predicted molar refractivity (Wildman–Crippen MR) is 104 cm³/mol. The van der Waals surface area contributed by atoms with E-state index in [1.54, 1.807) is 48.7 Å². The van der Waals surface area contributed by atoms with Crippen molar-refractivity contribution in [2.75, 3.05) is 0 Å². The first-order chi connectivity index (χ1) is 14.2. The smallest absolute Gasteiger partial charge is 0.425 e. The van der Waals surface area contributed by atoms with Gasteiger partial charge in [0.15, 0.2) is 6.10 Å². The Bertz CT molecular complexity index is 1010. The number of nitrogens with one attached hydrogen (secondary N) is 1. The highest BCUT2D eigenvalue weighted by Crippen LogP contribution is 2.31. The molecular weight excluding hydrogens is 421 g/mol. The van der Waals surface area contributed by atoms with Gasteiger partial charge < -0.3 is 10.1 Å². The van der Waals surface area contributed by atoms with E-state index in [0.717, 1.165) is 13.1 Å². The van der Waals surface area contributed by atoms with Gasteiger partial charge in [0.25, 0.3) is 5.91 Å². The molecular formula is C20H16ClF3N4O2. The Morgan fingerprint density at radius 2 is 1.90 bits per heavy atom. The average molecular weight is 437 g/mol. The van der Waals surface area contributed by atoms with Crippen LogP contribution in [0.25, 0.3) is 11.3 Å². The summed E-state index contributed by atoms with van der Waals surface area (Å²) in [6, 6.07) is 11.4. The number of aromatic nitrogens is 3. The fourth-order valence-electron chi connectivity index (χ4n) is 2.37. The van der Waals surface area contributed by atoms with Gasteiger partial charge in [-0.25, -0.2) is 9.97 Å². The van der Waals surface area contributed by atoms with Gasteiger partial charge >= 0.3 is 6.18 Å². The van der Waals surface area contributed by atoms with E-state index in [2.05, 4.69) is 20.3 Å². The molecule has 156 valence electrons. The normalized spacial score (nSPS) is 12.3. The van der Waals surface area contributed by atoms with Crippen molar-refractivity contribution in [2.45, 2.75) is 25.7 Å². The Hall–Kier alpha value is -3.20. The van der Waals surface area contributed by atoms with E-state index < -0.39 is 18.2 Å². The molecule has 1 aromatic carbocycles. The lowest BCUT2D eigenvalue weighted by atomic mass is 10.1. The van der Waals surface area contributed by atoms with Gasteiger partial charge in [-0.15, -0.1) is 0 Å². The van der Waals surface area contributed by atoms with Crippen molar-refractivity contribution in [1.82, 2.24) is 20.3 Å². The SMILES string of the molecule is C[C@H](Oc1ncc(C(=O)NCc2ccccn2)nc1-c1ccc(Cl)cc1)C(F)(F)F. The van der Waals surface area contributed by atoms with Crippen LogP contribution in [0.1, 0.15) is 23.1 Å². The van der Waals surface area contributed by atoms with E-state index in [9.17, 15) is 18.0 Å². The fraction of sp³-hybridized carbons (Fsp3) is 0.200. The van der Waals surface area contributed by atoms with Crippen molar-refractivity contribution in [3.05, 3.63) is 71.3 Å². The maximum Gasteiger partial charge on any atom is 0.425 e. The number of hydrogen-bond donors (Lipinski definition) is 1. The van der Waals surface area contributed by atoms with Crippen LogP contribution >= 0.6 is 11.6 Å². The van der Waals surface area contributed by atoms with Gasteiger partial charge in [-0.2, -0.15) is 13.2 Å². The highest BCUT2D eigenvalue weighted by molar-refractivity contribution is 6.30. The number of alkyl halides is 3. The van der Waals surface area contributed by atoms with E-state index in [0.29, 0.717) is 16.3 Å². The monoisotopic (exact) mass is 436 g/mol. The van der Waals surface area contributed by atoms with Crippen LogP contribution in [0, 0.1) is 0 Å². The van der Waals surface area contributed by atoms with E-state index in [1.807, 2.05) is 0 Å². The maximum absolute atomic E-state index is 12.9. The highest BCUT2D eigenvalue weighted by atomic mass is 35.5. The molecule has 0 bridgehead atoms. The van der Waals surface area contributed by atoms with Gasteiger partial charge in [-0.1, -0.05) is 29.8 Å². The number of nitrogens with zero attached hydrogens (tertiary/aromatic N) is 3. The van der Waals surface area contributed by atoms with Crippen LogP contribution in [0.15, 0.2) is 54.9 Å². The number of carbonyl (C=O) groups is 1. The van der Waals surface area contributed by atoms with Crippen LogP contribution in [0.4, 0.5) is 13.2 Å². The Kier molecular flexibility index (Phi) is 6.51. The van der Waals surface area contributed by atoms with Gasteiger partial charge in [-0.3, -0.25) is 9.78 Å². The number of carbonyl (C=O) groups excluding carboxylic acids is 1. The fourth-order valence-corrected chi connectivity index (χ4v) is 2.49. The summed E-state index contributed by atoms with van der Waals surface area (Å²) in [7, 11) is 0. The standard InChI is InChI=1S/C20H16ClF3N4O2/c1-12(20(22,23)24)30-19-17(13-5-7-14(21)8-6-13)28-16(11-27-19)18(29)26-10-15-4-2-3-9-25-15/h2-9,11-12H,10H2,1H3,(H,26,29)/t12-/m0/s1. The summed E-state index contributed by atoms with van der Waals surface area (Å²) in [4.78, 5) is 24.7. The molecule has 1 N–H and O–H groups in total. The third kappa shape index (κ3) is 5.44. The number of benzene rings is 1. The van der Waals surface area contributed by atoms with Crippen molar-refractivity contribution in [1.29, 1.82) is 0 Å². The Morgan fingerprint density at radius 3 is 2.53 bits per heavy atom. The summed E-state index contributed by atoms with van der Waals surface area (Å²) in [6.45, 7) is 1.02. The number of ether oxygens (including phenoxy) is 1. The molecule has 3 aromatic rings. The van der Waals surface area contributed by atoms with Gasteiger partial charge in [-0.05, 0) is 31.2 Å². The zero-order chi connectivity index (χ0) is 21.7. The largest absolute Gasteiger partial charge is 0.463 e. The van der Waals surface area contributed by atoms with Crippen molar-refractivity contribution in [2.24, 2.45) is 0 Å². The lowest BCUT2D eigenvalue weighted by molar-refractivity contribution is -0.189. The molecule has 6 nitrogen and oxygen atoms in total. The molecule has 0 saturated heterocycles. The first-order valence-corrected chi connectivity index (χ1v) is 9.16. The Morgan fingerprint density at radius 1 is 1.17 bits per heavy atom. The molecule has 0 aliphatic rings. The van der Waals surface area contributed by atoms with E-state index in [4.69, 9.17) is 16.3 Å². The minimum Gasteiger partial charge on any atom is -0.463 e. The van der Waals surface area contributed by atoms with Crippen molar-refractivity contribution in [3.63, 3.8) is 0 Å². The average Bonchev–Trinajstić information content (AvgIpc) is 2.73. The lowest BCUT2D eigenvalue weighted by Crippen LogP contribution is -2.32. The molecule has 0 unspecified atom stereocenters. The maximum atomic E-state index is 12.9. The molecule has 0 spiro atoms. The third-order valence-corrected chi connectivity index (χ3v) is 4.25. The minimum atomic E-state index is -4.59. The zero-order valence-corrected chi connectivity index (χ0v) is 16.4. The van der Waals surface area contributed by atoms with Crippen LogP contribution < -0.4 is 10.1 Å². The van der Waals surface area contributed by atoms with Crippen LogP contribution in [-0.2, 0) is 6.54 Å². The second-order valence-electron chi connectivity index (χ2n) is 6.22. The predicted octanol–water partition coefficient (Wildman–Crippen LogP) is 4.45. The number of amides is 1. The number of rotatable bonds is 6. The van der Waals surface area contributed by atoms with Gasteiger partial charge in [0.2, 0.25) is 5.88 Å². The van der Waals surface area contributed by atoms with Crippen LogP contribution in [0.3, 0.4) is 0 Å². The number of hydrogen-bond acceptors (Lipinski definition) is 5. The molecule has 0 saturated carbocycles. The highest BCUT2D eigenvalue weighted by Gasteiger charge is 2.39. The van der Waals surface area contributed by atoms with Gasteiger partial charge in [0.1, 0.15) is 11.4 Å². The lowest BCUT2D eigenvalue weighted by Gasteiger charge is -2.18. The van der Waals surface area contributed by atoms with Crippen molar-refractivity contribution >= 4 is 17.5 Å². The number of halogens is 4. The molecule has 2 heterocycles. The second kappa shape index (κ2) is 9.08. The molecule has 2 aromatic heterocycles. The summed E-state index contributed by atoms with van der Waals surface area (Å²) >= 11 is 5.88. The topological polar surface area (TPSA) is 77.0 Å². The quantitative estimate of drug-likeness (QED) is 0.617. The molecule has 1 amide bonds. The Labute approximate surface area is 175 Å². The van der Waals surface area contributed by atoms with Crippen molar-refractivity contribution in [3.8, 4) is 17.1 Å². The van der Waals surface area contributed by atoms with E-state index in [1.165, 1.54) is 0 Å². The summed E-state index contributed by atoms with van der Waals surface area (Å²) in [5.74, 6) is -0.901. The van der Waals surface area contributed by atoms with Crippen LogP contribution in [0.2, 0.25) is 5.02 Å². The molecule has 3 rings (SSSR count). The minimum absolute atomic E-state index is 0.00625. The molecule has 0 fully saturated rings. The molecule has 1 atom stereocenters. The van der Waals surface area contributed by atoms with Crippen molar-refractivity contribution < 1.29 is 22.7 Å². The second-order valence-corrected chi connectivity index (χ2v) is 6.66. The molecule has 0 radical (unpaired) electrons. The first kappa shape index (κ1) is 21.5. The summed E-state index contributed by atoms with van der Waals surface area (Å²) in [6.07, 6.45) is -4.04. The summed E-state index contributed by atoms with van der Waals surface area (Å²) in [5.41, 5.74) is 0.947. The molecule has 30 heavy (non-hydrogen) atoms. The molecule has 10 heteroatoms. The van der Waals surface area contributed by atoms with E-state index in [-0.39, 0.29) is 23.8 Å². The molecule has 0 aliphatic heterocycles. The summed E-state index contributed by atoms with van der Waals surface area (Å²) in [5, 5.41) is 3.07.